The minimum absolute atomic E-state index is 0.378. The monoisotopic (exact) mass is 299 g/mol. The van der Waals surface area contributed by atoms with Crippen molar-refractivity contribution in [2.45, 2.75) is 40.0 Å². The number of alkyl halides is 1. The fourth-order valence-corrected chi connectivity index (χ4v) is 1.93. The van der Waals surface area contributed by atoms with Crippen LogP contribution in [0, 0.1) is 6.92 Å². The van der Waals surface area contributed by atoms with Gasteiger partial charge < -0.3 is 4.90 Å². The zero-order valence-electron chi connectivity index (χ0n) is 11.2. The van der Waals surface area contributed by atoms with Gasteiger partial charge in [-0.2, -0.15) is 0 Å². The van der Waals surface area contributed by atoms with E-state index in [2.05, 4.69) is 57.6 Å². The van der Waals surface area contributed by atoms with Crippen molar-refractivity contribution in [3.05, 3.63) is 17.6 Å². The highest BCUT2D eigenvalue weighted by Crippen LogP contribution is 2.17. The summed E-state index contributed by atoms with van der Waals surface area (Å²) in [6.07, 6.45) is 1.13. The lowest BCUT2D eigenvalue weighted by Gasteiger charge is -2.22. The summed E-state index contributed by atoms with van der Waals surface area (Å²) in [7, 11) is 0. The van der Waals surface area contributed by atoms with Crippen molar-refractivity contribution < 1.29 is 0 Å². The van der Waals surface area contributed by atoms with Crippen LogP contribution in [-0.4, -0.2) is 28.4 Å². The second-order valence-electron chi connectivity index (χ2n) is 4.50. The molecule has 0 atom stereocenters. The minimum atomic E-state index is 0.378. The molecule has 1 aromatic heterocycles. The number of aryl methyl sites for hydroxylation is 1. The molecular weight excluding hydrogens is 278 g/mol. The van der Waals surface area contributed by atoms with Gasteiger partial charge in [0.2, 0.25) is 0 Å². The van der Waals surface area contributed by atoms with Gasteiger partial charge in [-0.05, 0) is 20.3 Å². The molecule has 0 saturated heterocycles. The lowest BCUT2D eigenvalue weighted by atomic mass is 10.2. The Morgan fingerprint density at radius 3 is 2.59 bits per heavy atom. The van der Waals surface area contributed by atoms with E-state index in [1.807, 2.05) is 6.92 Å². The topological polar surface area (TPSA) is 29.0 Å². The molecule has 3 nitrogen and oxygen atoms in total. The van der Waals surface area contributed by atoms with Crippen LogP contribution >= 0.6 is 15.9 Å². The van der Waals surface area contributed by atoms with Gasteiger partial charge in [-0.3, -0.25) is 0 Å². The molecule has 0 aliphatic heterocycles. The third-order valence-corrected chi connectivity index (χ3v) is 3.20. The molecule has 0 aliphatic carbocycles. The molecule has 17 heavy (non-hydrogen) atoms. The molecule has 4 heteroatoms. The summed E-state index contributed by atoms with van der Waals surface area (Å²) in [6, 6.07) is 2.07. The molecule has 0 saturated carbocycles. The summed E-state index contributed by atoms with van der Waals surface area (Å²) < 4.78 is 0. The Morgan fingerprint density at radius 2 is 2.06 bits per heavy atom. The number of hydrogen-bond acceptors (Lipinski definition) is 3. The number of nitrogens with zero attached hydrogens (tertiary/aromatic N) is 3. The number of aromatic nitrogens is 2. The predicted molar refractivity (Wildman–Crippen MR) is 77.2 cm³/mol. The van der Waals surface area contributed by atoms with Crippen molar-refractivity contribution in [2.75, 3.05) is 23.3 Å². The van der Waals surface area contributed by atoms with E-state index in [1.54, 1.807) is 0 Å². The Morgan fingerprint density at radius 1 is 1.35 bits per heavy atom. The van der Waals surface area contributed by atoms with Gasteiger partial charge in [0.05, 0.1) is 0 Å². The molecule has 0 spiro atoms. The third kappa shape index (κ3) is 4.26. The van der Waals surface area contributed by atoms with Crippen molar-refractivity contribution in [1.82, 2.24) is 9.97 Å². The van der Waals surface area contributed by atoms with Crippen LogP contribution in [0.4, 0.5) is 5.82 Å². The molecule has 0 unspecified atom stereocenters. The predicted octanol–water partition coefficient (Wildman–Crippen LogP) is 3.52. The first-order valence-corrected chi connectivity index (χ1v) is 7.37. The summed E-state index contributed by atoms with van der Waals surface area (Å²) in [5.74, 6) is 2.38. The normalized spacial score (nSPS) is 10.9. The maximum Gasteiger partial charge on any atom is 0.133 e. The zero-order valence-corrected chi connectivity index (χ0v) is 12.8. The van der Waals surface area contributed by atoms with Crippen LogP contribution in [0.5, 0.6) is 0 Å². The van der Waals surface area contributed by atoms with Crippen LogP contribution < -0.4 is 4.90 Å². The Bertz CT molecular complexity index is 353. The molecule has 1 aromatic rings. The first kappa shape index (κ1) is 14.4. The van der Waals surface area contributed by atoms with Gasteiger partial charge in [0.25, 0.3) is 0 Å². The molecule has 0 radical (unpaired) electrons. The SMILES string of the molecule is CCN(CCCBr)c1cc(C)nc(C(C)C)n1. The second kappa shape index (κ2) is 6.94. The average Bonchev–Trinajstić information content (AvgIpc) is 2.29. The minimum Gasteiger partial charge on any atom is -0.357 e. The van der Waals surface area contributed by atoms with E-state index in [1.165, 1.54) is 0 Å². The summed E-state index contributed by atoms with van der Waals surface area (Å²) in [4.78, 5) is 11.4. The number of anilines is 1. The van der Waals surface area contributed by atoms with Gasteiger partial charge in [0.15, 0.2) is 0 Å². The molecule has 96 valence electrons. The maximum atomic E-state index is 4.66. The van der Waals surface area contributed by atoms with Gasteiger partial charge in [0.1, 0.15) is 11.6 Å². The number of rotatable bonds is 6. The third-order valence-electron chi connectivity index (χ3n) is 2.64. The first-order chi connectivity index (χ1) is 8.08. The van der Waals surface area contributed by atoms with Crippen LogP contribution in [0.3, 0.4) is 0 Å². The van der Waals surface area contributed by atoms with Gasteiger partial charge >= 0.3 is 0 Å². The molecular formula is C13H22BrN3. The molecule has 0 aromatic carbocycles. The molecule has 0 bridgehead atoms. The summed E-state index contributed by atoms with van der Waals surface area (Å²) in [6.45, 7) is 10.5. The van der Waals surface area contributed by atoms with Crippen LogP contribution in [0.1, 0.15) is 44.6 Å². The van der Waals surface area contributed by atoms with Crippen LogP contribution in [0.2, 0.25) is 0 Å². The first-order valence-electron chi connectivity index (χ1n) is 6.25. The summed E-state index contributed by atoms with van der Waals surface area (Å²) >= 11 is 3.47. The largest absolute Gasteiger partial charge is 0.357 e. The smallest absolute Gasteiger partial charge is 0.133 e. The van der Waals surface area contributed by atoms with Crippen molar-refractivity contribution >= 4 is 21.7 Å². The fraction of sp³-hybridized carbons (Fsp3) is 0.692. The average molecular weight is 300 g/mol. The molecule has 0 fully saturated rings. The lowest BCUT2D eigenvalue weighted by molar-refractivity contribution is 0.735. The van der Waals surface area contributed by atoms with Gasteiger partial charge in [-0.25, -0.2) is 9.97 Å². The molecule has 1 heterocycles. The van der Waals surface area contributed by atoms with Gasteiger partial charge in [-0.15, -0.1) is 0 Å². The van der Waals surface area contributed by atoms with Gasteiger partial charge in [0, 0.05) is 36.1 Å². The van der Waals surface area contributed by atoms with E-state index in [0.717, 1.165) is 42.2 Å². The van der Waals surface area contributed by atoms with Crippen molar-refractivity contribution in [3.63, 3.8) is 0 Å². The van der Waals surface area contributed by atoms with Crippen molar-refractivity contribution in [3.8, 4) is 0 Å². The second-order valence-corrected chi connectivity index (χ2v) is 5.30. The van der Waals surface area contributed by atoms with Crippen LogP contribution in [0.15, 0.2) is 6.07 Å². The standard InChI is InChI=1S/C13H22BrN3/c1-5-17(8-6-7-14)12-9-11(4)15-13(16-12)10(2)3/h9-10H,5-8H2,1-4H3. The maximum absolute atomic E-state index is 4.66. The highest BCUT2D eigenvalue weighted by molar-refractivity contribution is 9.09. The Kier molecular flexibility index (Phi) is 5.89. The van der Waals surface area contributed by atoms with E-state index in [4.69, 9.17) is 0 Å². The van der Waals surface area contributed by atoms with Gasteiger partial charge in [-0.1, -0.05) is 29.8 Å². The van der Waals surface area contributed by atoms with Crippen LogP contribution in [-0.2, 0) is 0 Å². The Hall–Kier alpha value is -0.640. The fourth-order valence-electron chi connectivity index (χ4n) is 1.68. The molecule has 0 amide bonds. The van der Waals surface area contributed by atoms with E-state index < -0.39 is 0 Å². The van der Waals surface area contributed by atoms with Crippen LogP contribution in [0.25, 0.3) is 0 Å². The molecule has 1 rings (SSSR count). The van der Waals surface area contributed by atoms with Crippen molar-refractivity contribution in [1.29, 1.82) is 0 Å². The van der Waals surface area contributed by atoms with E-state index in [9.17, 15) is 0 Å². The summed E-state index contributed by atoms with van der Waals surface area (Å²) in [5.41, 5.74) is 1.05. The highest BCUT2D eigenvalue weighted by Gasteiger charge is 2.10. The molecule has 0 aliphatic rings. The van der Waals surface area contributed by atoms with E-state index in [0.29, 0.717) is 5.92 Å². The Balaban J connectivity index is 2.94. The lowest BCUT2D eigenvalue weighted by Crippen LogP contribution is -2.26. The Labute approximate surface area is 113 Å². The quantitative estimate of drug-likeness (QED) is 0.753. The van der Waals surface area contributed by atoms with Crippen molar-refractivity contribution in [2.24, 2.45) is 0 Å². The molecule has 0 N–H and O–H groups in total. The van der Waals surface area contributed by atoms with E-state index in [-0.39, 0.29) is 0 Å². The van der Waals surface area contributed by atoms with E-state index >= 15 is 0 Å². The zero-order chi connectivity index (χ0) is 12.8. The number of hydrogen-bond donors (Lipinski definition) is 0. The summed E-state index contributed by atoms with van der Waals surface area (Å²) in [5, 5.41) is 1.03. The number of halogens is 1. The highest BCUT2D eigenvalue weighted by atomic mass is 79.9.